The molecule has 0 saturated heterocycles. The first-order valence-corrected chi connectivity index (χ1v) is 6.84. The van der Waals surface area contributed by atoms with Gasteiger partial charge >= 0.3 is 0 Å². The van der Waals surface area contributed by atoms with Gasteiger partial charge in [0.05, 0.1) is 0 Å². The van der Waals surface area contributed by atoms with Crippen LogP contribution < -0.4 is 10.6 Å². The van der Waals surface area contributed by atoms with Gasteiger partial charge in [0.15, 0.2) is 0 Å². The average molecular weight is 243 g/mol. The molecule has 0 spiro atoms. The molecule has 18 heavy (non-hydrogen) atoms. The highest BCUT2D eigenvalue weighted by atomic mass is 15.0. The minimum Gasteiger partial charge on any atom is -0.361 e. The highest BCUT2D eigenvalue weighted by molar-refractivity contribution is 5.82. The number of nitrogens with one attached hydrogen (secondary N) is 3. The van der Waals surface area contributed by atoms with Crippen LogP contribution in [-0.4, -0.2) is 23.6 Å². The molecule has 0 bridgehead atoms. The number of rotatable bonds is 6. The molecule has 1 aromatic carbocycles. The Bertz CT molecular complexity index is 513. The number of aromatic nitrogens is 1. The second-order valence-corrected chi connectivity index (χ2v) is 5.32. The van der Waals surface area contributed by atoms with E-state index in [9.17, 15) is 0 Å². The van der Waals surface area contributed by atoms with Gasteiger partial charge in [-0.1, -0.05) is 18.2 Å². The first-order chi connectivity index (χ1) is 8.83. The molecule has 1 fully saturated rings. The fourth-order valence-electron chi connectivity index (χ4n) is 2.27. The van der Waals surface area contributed by atoms with Crippen molar-refractivity contribution < 1.29 is 0 Å². The summed E-state index contributed by atoms with van der Waals surface area (Å²) in [5.41, 5.74) is 2.57. The maximum absolute atomic E-state index is 3.58. The van der Waals surface area contributed by atoms with Crippen LogP contribution in [-0.2, 0) is 6.54 Å². The van der Waals surface area contributed by atoms with Gasteiger partial charge in [-0.25, -0.2) is 0 Å². The van der Waals surface area contributed by atoms with Gasteiger partial charge in [-0.2, -0.15) is 0 Å². The van der Waals surface area contributed by atoms with Crippen molar-refractivity contribution in [2.45, 2.75) is 38.4 Å². The molecule has 1 saturated carbocycles. The van der Waals surface area contributed by atoms with Crippen LogP contribution in [0.25, 0.3) is 10.9 Å². The molecule has 1 atom stereocenters. The Hall–Kier alpha value is -1.32. The van der Waals surface area contributed by atoms with Crippen molar-refractivity contribution in [3.05, 3.63) is 36.0 Å². The highest BCUT2D eigenvalue weighted by Crippen LogP contribution is 2.19. The number of hydrogen-bond acceptors (Lipinski definition) is 2. The Labute approximate surface area is 108 Å². The van der Waals surface area contributed by atoms with Gasteiger partial charge in [-0.3, -0.25) is 0 Å². The minimum atomic E-state index is 0.513. The third-order valence-electron chi connectivity index (χ3n) is 3.61. The second kappa shape index (κ2) is 5.12. The monoisotopic (exact) mass is 243 g/mol. The summed E-state index contributed by atoms with van der Waals surface area (Å²) >= 11 is 0. The first-order valence-electron chi connectivity index (χ1n) is 6.84. The van der Waals surface area contributed by atoms with Crippen LogP contribution in [0.3, 0.4) is 0 Å². The van der Waals surface area contributed by atoms with Gasteiger partial charge in [0, 0.05) is 42.3 Å². The maximum Gasteiger partial charge on any atom is 0.0457 e. The zero-order valence-corrected chi connectivity index (χ0v) is 10.9. The van der Waals surface area contributed by atoms with Crippen LogP contribution in [0.2, 0.25) is 0 Å². The average Bonchev–Trinajstić information content (AvgIpc) is 3.14. The number of fused-ring (bicyclic) bond motifs is 1. The molecule has 3 nitrogen and oxygen atoms in total. The van der Waals surface area contributed by atoms with Gasteiger partial charge in [0.2, 0.25) is 0 Å². The van der Waals surface area contributed by atoms with E-state index in [-0.39, 0.29) is 0 Å². The molecule has 0 radical (unpaired) electrons. The molecule has 3 N–H and O–H groups in total. The molecular formula is C15H21N3. The number of aromatic amines is 1. The second-order valence-electron chi connectivity index (χ2n) is 5.32. The van der Waals surface area contributed by atoms with Crippen molar-refractivity contribution >= 4 is 10.9 Å². The molecule has 96 valence electrons. The summed E-state index contributed by atoms with van der Waals surface area (Å²) < 4.78 is 0. The van der Waals surface area contributed by atoms with E-state index in [0.29, 0.717) is 6.04 Å². The molecule has 1 heterocycles. The lowest BCUT2D eigenvalue weighted by atomic mass is 10.1. The fraction of sp³-hybridized carbons (Fsp3) is 0.467. The van der Waals surface area contributed by atoms with Crippen LogP contribution >= 0.6 is 0 Å². The molecule has 1 aliphatic carbocycles. The summed E-state index contributed by atoms with van der Waals surface area (Å²) in [5, 5.41) is 8.46. The summed E-state index contributed by atoms with van der Waals surface area (Å²) in [7, 11) is 0. The topological polar surface area (TPSA) is 39.8 Å². The minimum absolute atomic E-state index is 0.513. The molecule has 3 heteroatoms. The third kappa shape index (κ3) is 2.74. The molecule has 3 rings (SSSR count). The molecule has 0 aliphatic heterocycles. The zero-order chi connectivity index (χ0) is 12.4. The Morgan fingerprint density at radius 1 is 1.33 bits per heavy atom. The number of hydrogen-bond donors (Lipinski definition) is 3. The summed E-state index contributed by atoms with van der Waals surface area (Å²) in [4.78, 5) is 3.32. The summed E-state index contributed by atoms with van der Waals surface area (Å²) in [6, 6.07) is 9.77. The lowest BCUT2D eigenvalue weighted by Crippen LogP contribution is -2.36. The number of para-hydroxylation sites is 1. The molecular weight excluding hydrogens is 222 g/mol. The Morgan fingerprint density at radius 2 is 2.17 bits per heavy atom. The molecule has 0 amide bonds. The summed E-state index contributed by atoms with van der Waals surface area (Å²) in [6.07, 6.45) is 4.82. The van der Waals surface area contributed by atoms with Crippen LogP contribution in [0.15, 0.2) is 30.5 Å². The Morgan fingerprint density at radius 3 is 3.00 bits per heavy atom. The number of benzene rings is 1. The Kier molecular flexibility index (Phi) is 3.35. The fourth-order valence-corrected chi connectivity index (χ4v) is 2.27. The van der Waals surface area contributed by atoms with E-state index in [0.717, 1.165) is 19.1 Å². The SMILES string of the molecule is CC(CNC1CC1)NCc1c[nH]c2ccccc12. The van der Waals surface area contributed by atoms with Gasteiger partial charge in [-0.15, -0.1) is 0 Å². The van der Waals surface area contributed by atoms with E-state index < -0.39 is 0 Å². The smallest absolute Gasteiger partial charge is 0.0457 e. The maximum atomic E-state index is 3.58. The van der Waals surface area contributed by atoms with E-state index in [2.05, 4.69) is 53.0 Å². The van der Waals surface area contributed by atoms with Crippen LogP contribution in [0.5, 0.6) is 0 Å². The van der Waals surface area contributed by atoms with Crippen LogP contribution in [0.1, 0.15) is 25.3 Å². The molecule has 1 aliphatic rings. The lowest BCUT2D eigenvalue weighted by Gasteiger charge is -2.14. The Balaban J connectivity index is 1.55. The van der Waals surface area contributed by atoms with Gasteiger partial charge in [0.1, 0.15) is 0 Å². The largest absolute Gasteiger partial charge is 0.361 e. The van der Waals surface area contributed by atoms with Crippen LogP contribution in [0, 0.1) is 0 Å². The molecule has 2 aromatic rings. The summed E-state index contributed by atoms with van der Waals surface area (Å²) in [5.74, 6) is 0. The van der Waals surface area contributed by atoms with Crippen molar-refractivity contribution in [1.29, 1.82) is 0 Å². The predicted molar refractivity (Wildman–Crippen MR) is 75.6 cm³/mol. The zero-order valence-electron chi connectivity index (χ0n) is 10.9. The van der Waals surface area contributed by atoms with Gasteiger partial charge in [-0.05, 0) is 31.4 Å². The normalized spacial score (nSPS) is 17.2. The van der Waals surface area contributed by atoms with Crippen molar-refractivity contribution in [1.82, 2.24) is 15.6 Å². The summed E-state index contributed by atoms with van der Waals surface area (Å²) in [6.45, 7) is 4.23. The quantitative estimate of drug-likeness (QED) is 0.729. The van der Waals surface area contributed by atoms with E-state index in [1.165, 1.54) is 29.3 Å². The predicted octanol–water partition coefficient (Wildman–Crippen LogP) is 2.40. The van der Waals surface area contributed by atoms with E-state index >= 15 is 0 Å². The van der Waals surface area contributed by atoms with E-state index in [1.54, 1.807) is 0 Å². The van der Waals surface area contributed by atoms with Crippen LogP contribution in [0.4, 0.5) is 0 Å². The highest BCUT2D eigenvalue weighted by Gasteiger charge is 2.20. The van der Waals surface area contributed by atoms with Crippen molar-refractivity contribution in [3.63, 3.8) is 0 Å². The first kappa shape index (κ1) is 11.8. The van der Waals surface area contributed by atoms with Crippen molar-refractivity contribution in [3.8, 4) is 0 Å². The van der Waals surface area contributed by atoms with Crippen molar-refractivity contribution in [2.75, 3.05) is 6.54 Å². The third-order valence-corrected chi connectivity index (χ3v) is 3.61. The lowest BCUT2D eigenvalue weighted by molar-refractivity contribution is 0.501. The number of H-pyrrole nitrogens is 1. The van der Waals surface area contributed by atoms with Gasteiger partial charge in [0.25, 0.3) is 0 Å². The van der Waals surface area contributed by atoms with E-state index in [1.807, 2.05) is 0 Å². The van der Waals surface area contributed by atoms with E-state index in [4.69, 9.17) is 0 Å². The molecule has 1 aromatic heterocycles. The molecule has 1 unspecified atom stereocenters. The van der Waals surface area contributed by atoms with Crippen molar-refractivity contribution in [2.24, 2.45) is 0 Å². The van der Waals surface area contributed by atoms with Gasteiger partial charge < -0.3 is 15.6 Å². The standard InChI is InChI=1S/C15H21N3/c1-11(8-17-13-6-7-13)16-9-12-10-18-15-5-3-2-4-14(12)15/h2-5,10-11,13,16-18H,6-9H2,1H3.